The maximum absolute atomic E-state index is 12.9. The molecule has 2 amide bonds. The quantitative estimate of drug-likeness (QED) is 0.534. The molecule has 2 N–H and O–H groups in total. The molecule has 160 valence electrons. The van der Waals surface area contributed by atoms with Crippen LogP contribution in [0.3, 0.4) is 0 Å². The number of hydrogen-bond donors (Lipinski definition) is 2. The fourth-order valence-corrected chi connectivity index (χ4v) is 3.31. The summed E-state index contributed by atoms with van der Waals surface area (Å²) < 4.78 is 10.5. The smallest absolute Gasteiger partial charge is 0.255 e. The number of rotatable bonds is 8. The molecule has 0 aliphatic carbocycles. The Morgan fingerprint density at radius 2 is 1.58 bits per heavy atom. The Balaban J connectivity index is 1.78. The zero-order valence-electron chi connectivity index (χ0n) is 17.8. The van der Waals surface area contributed by atoms with Crippen LogP contribution in [-0.4, -0.2) is 26.0 Å². The number of benzene rings is 3. The summed E-state index contributed by atoms with van der Waals surface area (Å²) in [6.45, 7) is 1.98. The average molecular weight is 418 g/mol. The van der Waals surface area contributed by atoms with E-state index in [1.54, 1.807) is 49.6 Å². The Labute approximate surface area is 182 Å². The van der Waals surface area contributed by atoms with E-state index in [9.17, 15) is 9.59 Å². The maximum atomic E-state index is 12.9. The van der Waals surface area contributed by atoms with Gasteiger partial charge in [-0.2, -0.15) is 0 Å². The molecule has 0 saturated heterocycles. The van der Waals surface area contributed by atoms with Gasteiger partial charge >= 0.3 is 0 Å². The van der Waals surface area contributed by atoms with E-state index < -0.39 is 0 Å². The van der Waals surface area contributed by atoms with Crippen molar-refractivity contribution < 1.29 is 19.1 Å². The molecule has 0 aliphatic rings. The van der Waals surface area contributed by atoms with Gasteiger partial charge in [0.25, 0.3) is 5.91 Å². The van der Waals surface area contributed by atoms with E-state index in [-0.39, 0.29) is 17.7 Å². The second-order valence-corrected chi connectivity index (χ2v) is 6.96. The highest BCUT2D eigenvalue weighted by Crippen LogP contribution is 2.30. The number of anilines is 2. The van der Waals surface area contributed by atoms with Gasteiger partial charge < -0.3 is 20.1 Å². The fourth-order valence-electron chi connectivity index (χ4n) is 3.31. The molecule has 0 aromatic heterocycles. The predicted octanol–water partition coefficient (Wildman–Crippen LogP) is 5.09. The van der Waals surface area contributed by atoms with Crippen LogP contribution >= 0.6 is 0 Å². The Hall–Kier alpha value is -3.80. The summed E-state index contributed by atoms with van der Waals surface area (Å²) in [6.07, 6.45) is 0.674. The second-order valence-electron chi connectivity index (χ2n) is 6.96. The maximum Gasteiger partial charge on any atom is 0.255 e. The molecule has 6 nitrogen and oxygen atoms in total. The van der Waals surface area contributed by atoms with Gasteiger partial charge in [0.05, 0.1) is 25.8 Å². The summed E-state index contributed by atoms with van der Waals surface area (Å²) in [5.41, 5.74) is 2.48. The minimum absolute atomic E-state index is 0.105. The number of hydrogen-bond acceptors (Lipinski definition) is 4. The van der Waals surface area contributed by atoms with E-state index in [1.165, 1.54) is 7.11 Å². The van der Waals surface area contributed by atoms with Crippen LogP contribution in [0.4, 0.5) is 11.4 Å². The highest BCUT2D eigenvalue weighted by molar-refractivity contribution is 6.05. The van der Waals surface area contributed by atoms with Gasteiger partial charge in [-0.15, -0.1) is 0 Å². The van der Waals surface area contributed by atoms with Crippen LogP contribution in [0, 0.1) is 0 Å². The van der Waals surface area contributed by atoms with Crippen molar-refractivity contribution in [3.05, 3.63) is 83.9 Å². The van der Waals surface area contributed by atoms with Gasteiger partial charge in [0.2, 0.25) is 5.91 Å². The summed E-state index contributed by atoms with van der Waals surface area (Å²) in [7, 11) is 3.10. The molecule has 1 atom stereocenters. The lowest BCUT2D eigenvalue weighted by molar-refractivity contribution is -0.117. The van der Waals surface area contributed by atoms with Crippen molar-refractivity contribution >= 4 is 23.2 Å². The summed E-state index contributed by atoms with van der Waals surface area (Å²) in [4.78, 5) is 25.5. The van der Waals surface area contributed by atoms with Gasteiger partial charge in [0.15, 0.2) is 0 Å². The molecule has 0 aliphatic heterocycles. The Morgan fingerprint density at radius 3 is 2.19 bits per heavy atom. The zero-order valence-corrected chi connectivity index (χ0v) is 17.8. The molecular weight excluding hydrogens is 392 g/mol. The van der Waals surface area contributed by atoms with Crippen molar-refractivity contribution in [3.8, 4) is 11.5 Å². The van der Waals surface area contributed by atoms with Crippen LogP contribution in [0.5, 0.6) is 11.5 Å². The van der Waals surface area contributed by atoms with Gasteiger partial charge in [-0.25, -0.2) is 0 Å². The zero-order chi connectivity index (χ0) is 22.2. The summed E-state index contributed by atoms with van der Waals surface area (Å²) >= 11 is 0. The van der Waals surface area contributed by atoms with E-state index in [0.29, 0.717) is 34.9 Å². The second kappa shape index (κ2) is 10.3. The minimum atomic E-state index is -0.292. The molecule has 3 aromatic carbocycles. The average Bonchev–Trinajstić information content (AvgIpc) is 2.80. The van der Waals surface area contributed by atoms with E-state index >= 15 is 0 Å². The molecule has 0 radical (unpaired) electrons. The number of nitrogens with one attached hydrogen (secondary N) is 2. The molecule has 0 unspecified atom stereocenters. The van der Waals surface area contributed by atoms with Crippen LogP contribution in [-0.2, 0) is 4.79 Å². The van der Waals surface area contributed by atoms with Gasteiger partial charge in [0.1, 0.15) is 11.5 Å². The molecule has 0 heterocycles. The van der Waals surface area contributed by atoms with Crippen LogP contribution in [0.1, 0.15) is 35.2 Å². The minimum Gasteiger partial charge on any atom is -0.497 e. The molecule has 0 fully saturated rings. The third-order valence-corrected chi connectivity index (χ3v) is 4.99. The van der Waals surface area contributed by atoms with Crippen molar-refractivity contribution in [2.24, 2.45) is 0 Å². The lowest BCUT2D eigenvalue weighted by atomic mass is 9.95. The van der Waals surface area contributed by atoms with Crippen LogP contribution < -0.4 is 20.1 Å². The highest BCUT2D eigenvalue weighted by atomic mass is 16.5. The Bertz CT molecular complexity index is 1030. The summed E-state index contributed by atoms with van der Waals surface area (Å²) in [5, 5.41) is 5.80. The van der Waals surface area contributed by atoms with E-state index in [1.807, 2.05) is 37.3 Å². The molecule has 0 saturated carbocycles. The molecular formula is C25H26N2O4. The van der Waals surface area contributed by atoms with Crippen molar-refractivity contribution in [1.29, 1.82) is 0 Å². The predicted molar refractivity (Wildman–Crippen MR) is 122 cm³/mol. The lowest BCUT2D eigenvalue weighted by Crippen LogP contribution is -2.21. The number of ether oxygens (including phenoxy) is 2. The van der Waals surface area contributed by atoms with Crippen LogP contribution in [0.2, 0.25) is 0 Å². The van der Waals surface area contributed by atoms with Gasteiger partial charge in [-0.1, -0.05) is 37.3 Å². The molecule has 0 spiro atoms. The number of methoxy groups -OCH3 is 2. The molecule has 6 heteroatoms. The third-order valence-electron chi connectivity index (χ3n) is 4.99. The van der Waals surface area contributed by atoms with Crippen molar-refractivity contribution in [2.45, 2.75) is 19.3 Å². The molecule has 3 rings (SSSR count). The standard InChI is InChI=1S/C25H26N2O4/c1-4-21(17-8-6-5-7-9-17)25(29)26-19-12-15-23(31-3)22(16-19)27-24(28)18-10-13-20(30-2)14-11-18/h5-16,21H,4H2,1-3H3,(H,26,29)(H,27,28)/t21-/m0/s1. The third kappa shape index (κ3) is 5.42. The monoisotopic (exact) mass is 418 g/mol. The Morgan fingerprint density at radius 1 is 0.871 bits per heavy atom. The van der Waals surface area contributed by atoms with Crippen molar-refractivity contribution in [2.75, 3.05) is 24.9 Å². The normalized spacial score (nSPS) is 11.3. The highest BCUT2D eigenvalue weighted by Gasteiger charge is 2.19. The first-order valence-corrected chi connectivity index (χ1v) is 10.0. The molecule has 3 aromatic rings. The van der Waals surface area contributed by atoms with E-state index in [2.05, 4.69) is 10.6 Å². The lowest BCUT2D eigenvalue weighted by Gasteiger charge is -2.17. The number of carbonyl (C=O) groups is 2. The Kier molecular flexibility index (Phi) is 7.27. The van der Waals surface area contributed by atoms with Crippen LogP contribution in [0.15, 0.2) is 72.8 Å². The molecule has 0 bridgehead atoms. The van der Waals surface area contributed by atoms with E-state index in [4.69, 9.17) is 9.47 Å². The SMILES string of the molecule is CC[C@H](C(=O)Nc1ccc(OC)c(NC(=O)c2ccc(OC)cc2)c1)c1ccccc1. The van der Waals surface area contributed by atoms with Gasteiger partial charge in [-0.05, 0) is 54.4 Å². The first-order valence-electron chi connectivity index (χ1n) is 10.0. The van der Waals surface area contributed by atoms with Crippen molar-refractivity contribution in [1.82, 2.24) is 0 Å². The number of amides is 2. The topological polar surface area (TPSA) is 76.7 Å². The first kappa shape index (κ1) is 21.9. The first-order chi connectivity index (χ1) is 15.0. The largest absolute Gasteiger partial charge is 0.497 e. The summed E-state index contributed by atoms with van der Waals surface area (Å²) in [5.74, 6) is 0.504. The number of carbonyl (C=O) groups excluding carboxylic acids is 2. The van der Waals surface area contributed by atoms with Gasteiger partial charge in [0, 0.05) is 11.3 Å². The van der Waals surface area contributed by atoms with Crippen LogP contribution in [0.25, 0.3) is 0 Å². The van der Waals surface area contributed by atoms with Crippen molar-refractivity contribution in [3.63, 3.8) is 0 Å². The van der Waals surface area contributed by atoms with Gasteiger partial charge in [-0.3, -0.25) is 9.59 Å². The van der Waals surface area contributed by atoms with E-state index in [0.717, 1.165) is 5.56 Å². The summed E-state index contributed by atoms with van der Waals surface area (Å²) in [6, 6.07) is 21.6. The fraction of sp³-hybridized carbons (Fsp3) is 0.200. The molecule has 31 heavy (non-hydrogen) atoms.